The number of ether oxygens (including phenoxy) is 1. The molecule has 33 heavy (non-hydrogen) atoms. The van der Waals surface area contributed by atoms with Gasteiger partial charge in [-0.3, -0.25) is 14.5 Å². The summed E-state index contributed by atoms with van der Waals surface area (Å²) in [5, 5.41) is 6.41. The first kappa shape index (κ1) is 21.9. The summed E-state index contributed by atoms with van der Waals surface area (Å²) in [7, 11) is 0. The SMILES string of the molecule is CC(=O)N(c1cccc(Cl)c1)c1nc([C@H]2Nc3ccccc3C(=O)N2C[C@@H]2CCCO2)cs1. The van der Waals surface area contributed by atoms with Crippen molar-refractivity contribution in [3.05, 3.63) is 70.2 Å². The lowest BCUT2D eigenvalue weighted by Gasteiger charge is -2.38. The molecule has 5 rings (SSSR count). The summed E-state index contributed by atoms with van der Waals surface area (Å²) >= 11 is 7.50. The van der Waals surface area contributed by atoms with Gasteiger partial charge in [0, 0.05) is 36.2 Å². The third kappa shape index (κ3) is 4.34. The molecule has 0 aliphatic carbocycles. The molecule has 2 atom stereocenters. The van der Waals surface area contributed by atoms with Crippen LogP contribution in [-0.4, -0.2) is 41.0 Å². The van der Waals surface area contributed by atoms with Gasteiger partial charge < -0.3 is 15.0 Å². The van der Waals surface area contributed by atoms with Crippen LogP contribution in [0.15, 0.2) is 53.9 Å². The number of carbonyl (C=O) groups excluding carboxylic acids is 2. The van der Waals surface area contributed by atoms with Crippen molar-refractivity contribution in [3.8, 4) is 0 Å². The predicted octanol–water partition coefficient (Wildman–Crippen LogP) is 5.23. The zero-order chi connectivity index (χ0) is 22.9. The first-order valence-corrected chi connectivity index (χ1v) is 12.1. The van der Waals surface area contributed by atoms with Gasteiger partial charge in [0.25, 0.3) is 5.91 Å². The highest BCUT2D eigenvalue weighted by Gasteiger charge is 2.36. The van der Waals surface area contributed by atoms with E-state index < -0.39 is 6.17 Å². The molecule has 1 saturated heterocycles. The van der Waals surface area contributed by atoms with Crippen LogP contribution in [0.25, 0.3) is 0 Å². The smallest absolute Gasteiger partial charge is 0.257 e. The number of aromatic nitrogens is 1. The number of halogens is 1. The maximum absolute atomic E-state index is 13.4. The van der Waals surface area contributed by atoms with E-state index in [1.807, 2.05) is 35.7 Å². The molecule has 0 radical (unpaired) electrons. The molecule has 9 heteroatoms. The number of nitrogens with zero attached hydrogens (tertiary/aromatic N) is 3. The van der Waals surface area contributed by atoms with Crippen molar-refractivity contribution in [1.29, 1.82) is 0 Å². The van der Waals surface area contributed by atoms with E-state index in [0.29, 0.717) is 33.6 Å². The summed E-state index contributed by atoms with van der Waals surface area (Å²) in [5.41, 5.74) is 2.71. The molecule has 3 heterocycles. The highest BCUT2D eigenvalue weighted by molar-refractivity contribution is 7.14. The van der Waals surface area contributed by atoms with Gasteiger partial charge in [0.2, 0.25) is 5.91 Å². The third-order valence-electron chi connectivity index (χ3n) is 5.81. The molecule has 0 saturated carbocycles. The van der Waals surface area contributed by atoms with Gasteiger partial charge in [-0.25, -0.2) is 4.98 Å². The average molecular weight is 483 g/mol. The van der Waals surface area contributed by atoms with Crippen molar-refractivity contribution in [3.63, 3.8) is 0 Å². The third-order valence-corrected chi connectivity index (χ3v) is 6.89. The van der Waals surface area contributed by atoms with Gasteiger partial charge in [-0.05, 0) is 43.2 Å². The number of hydrogen-bond donors (Lipinski definition) is 1. The zero-order valence-electron chi connectivity index (χ0n) is 18.0. The molecule has 7 nitrogen and oxygen atoms in total. The molecular weight excluding hydrogens is 460 g/mol. The Labute approximate surface area is 200 Å². The van der Waals surface area contributed by atoms with E-state index in [4.69, 9.17) is 21.3 Å². The molecular formula is C24H23ClN4O3S. The van der Waals surface area contributed by atoms with Crippen LogP contribution in [0.2, 0.25) is 5.02 Å². The van der Waals surface area contributed by atoms with E-state index in [1.165, 1.54) is 23.2 Å². The minimum Gasteiger partial charge on any atom is -0.376 e. The Kier molecular flexibility index (Phi) is 6.05. The molecule has 2 amide bonds. The summed E-state index contributed by atoms with van der Waals surface area (Å²) in [4.78, 5) is 34.0. The predicted molar refractivity (Wildman–Crippen MR) is 129 cm³/mol. The van der Waals surface area contributed by atoms with Crippen LogP contribution in [0.4, 0.5) is 16.5 Å². The number of rotatable bonds is 5. The number of anilines is 3. The summed E-state index contributed by atoms with van der Waals surface area (Å²) < 4.78 is 5.82. The highest BCUT2D eigenvalue weighted by Crippen LogP contribution is 2.37. The Hall–Kier alpha value is -2.94. The number of nitrogens with one attached hydrogen (secondary N) is 1. The monoisotopic (exact) mass is 482 g/mol. The number of thiazole rings is 1. The Morgan fingerprint density at radius 1 is 1.30 bits per heavy atom. The van der Waals surface area contributed by atoms with Crippen LogP contribution in [0.5, 0.6) is 0 Å². The van der Waals surface area contributed by atoms with E-state index >= 15 is 0 Å². The Morgan fingerprint density at radius 3 is 2.91 bits per heavy atom. The number of amides is 2. The maximum atomic E-state index is 13.4. The van der Waals surface area contributed by atoms with E-state index in [2.05, 4.69) is 5.32 Å². The second kappa shape index (κ2) is 9.13. The fourth-order valence-electron chi connectivity index (χ4n) is 4.27. The number of carbonyl (C=O) groups is 2. The first-order chi connectivity index (χ1) is 16.0. The Balaban J connectivity index is 1.50. The number of para-hydroxylation sites is 1. The van der Waals surface area contributed by atoms with Crippen LogP contribution in [0, 0.1) is 0 Å². The molecule has 1 N–H and O–H groups in total. The molecule has 2 aliphatic rings. The first-order valence-electron chi connectivity index (χ1n) is 10.8. The molecule has 0 bridgehead atoms. The lowest BCUT2D eigenvalue weighted by Crippen LogP contribution is -2.46. The van der Waals surface area contributed by atoms with Crippen LogP contribution >= 0.6 is 22.9 Å². The fourth-order valence-corrected chi connectivity index (χ4v) is 5.36. The molecule has 2 aromatic carbocycles. The van der Waals surface area contributed by atoms with E-state index in [0.717, 1.165) is 25.1 Å². The number of benzene rings is 2. The fraction of sp³-hybridized carbons (Fsp3) is 0.292. The van der Waals surface area contributed by atoms with Crippen molar-refractivity contribution in [2.45, 2.75) is 32.0 Å². The molecule has 1 aromatic heterocycles. The van der Waals surface area contributed by atoms with Crippen LogP contribution in [-0.2, 0) is 9.53 Å². The van der Waals surface area contributed by atoms with Gasteiger partial charge in [-0.2, -0.15) is 0 Å². The molecule has 0 unspecified atom stereocenters. The van der Waals surface area contributed by atoms with Crippen molar-refractivity contribution < 1.29 is 14.3 Å². The van der Waals surface area contributed by atoms with Crippen LogP contribution < -0.4 is 10.2 Å². The quantitative estimate of drug-likeness (QED) is 0.539. The normalized spacial score (nSPS) is 19.8. The van der Waals surface area contributed by atoms with E-state index in [9.17, 15) is 9.59 Å². The zero-order valence-corrected chi connectivity index (χ0v) is 19.6. The van der Waals surface area contributed by atoms with Gasteiger partial charge in [-0.15, -0.1) is 11.3 Å². The van der Waals surface area contributed by atoms with Gasteiger partial charge in [0.05, 0.1) is 23.0 Å². The van der Waals surface area contributed by atoms with Gasteiger partial charge in [-0.1, -0.05) is 29.8 Å². The summed E-state index contributed by atoms with van der Waals surface area (Å²) in [6.07, 6.45) is 1.46. The minimum atomic E-state index is -0.463. The highest BCUT2D eigenvalue weighted by atomic mass is 35.5. The minimum absolute atomic E-state index is 0.00166. The second-order valence-electron chi connectivity index (χ2n) is 8.07. The molecule has 170 valence electrons. The topological polar surface area (TPSA) is 74.8 Å². The van der Waals surface area contributed by atoms with Crippen molar-refractivity contribution in [2.24, 2.45) is 0 Å². The standard InChI is InChI=1S/C24H23ClN4O3S/c1-15(30)29(17-7-4-6-16(25)12-17)24-27-21(14-33-24)22-26-20-10-3-2-9-19(20)23(31)28(22)13-18-8-5-11-32-18/h2-4,6-7,9-10,12,14,18,22,26H,5,8,11,13H2,1H3/t18-,22-/m0/s1. The van der Waals surface area contributed by atoms with Crippen molar-refractivity contribution in [2.75, 3.05) is 23.4 Å². The van der Waals surface area contributed by atoms with E-state index in [-0.39, 0.29) is 17.9 Å². The lowest BCUT2D eigenvalue weighted by molar-refractivity contribution is -0.115. The van der Waals surface area contributed by atoms with E-state index in [1.54, 1.807) is 23.1 Å². The molecule has 2 aliphatic heterocycles. The van der Waals surface area contributed by atoms with Crippen LogP contribution in [0.3, 0.4) is 0 Å². The summed E-state index contributed by atoms with van der Waals surface area (Å²) in [6.45, 7) is 2.68. The van der Waals surface area contributed by atoms with Gasteiger partial charge >= 0.3 is 0 Å². The van der Waals surface area contributed by atoms with Gasteiger partial charge in [0.1, 0.15) is 6.17 Å². The number of fused-ring (bicyclic) bond motifs is 1. The molecule has 3 aromatic rings. The maximum Gasteiger partial charge on any atom is 0.257 e. The summed E-state index contributed by atoms with van der Waals surface area (Å²) in [6, 6.07) is 14.6. The lowest BCUT2D eigenvalue weighted by atomic mass is 10.1. The van der Waals surface area contributed by atoms with Gasteiger partial charge in [0.15, 0.2) is 5.13 Å². The Bertz CT molecular complexity index is 1190. The average Bonchev–Trinajstić information content (AvgIpc) is 3.48. The summed E-state index contributed by atoms with van der Waals surface area (Å²) in [5.74, 6) is -0.231. The molecule has 0 spiro atoms. The van der Waals surface area contributed by atoms with Crippen molar-refractivity contribution >= 4 is 51.3 Å². The number of hydrogen-bond acceptors (Lipinski definition) is 6. The molecule has 1 fully saturated rings. The second-order valence-corrected chi connectivity index (χ2v) is 9.35. The largest absolute Gasteiger partial charge is 0.376 e. The van der Waals surface area contributed by atoms with Crippen LogP contribution in [0.1, 0.15) is 42.0 Å². The van der Waals surface area contributed by atoms with Crippen molar-refractivity contribution in [1.82, 2.24) is 9.88 Å². The Morgan fingerprint density at radius 2 is 2.15 bits per heavy atom.